The number of fused-ring (bicyclic) bond motifs is 1. The molecule has 0 saturated carbocycles. The molecule has 1 heterocycles. The van der Waals surface area contributed by atoms with E-state index in [1.165, 1.54) is 42.8 Å². The predicted molar refractivity (Wildman–Crippen MR) is 67.9 cm³/mol. The first-order valence-corrected chi connectivity index (χ1v) is 7.08. The molecule has 2 aliphatic rings. The Kier molecular flexibility index (Phi) is 2.57. The van der Waals surface area contributed by atoms with Gasteiger partial charge in [0.15, 0.2) is 0 Å². The van der Waals surface area contributed by atoms with Crippen LogP contribution in [-0.4, -0.2) is 27.7 Å². The van der Waals surface area contributed by atoms with Crippen molar-refractivity contribution in [2.45, 2.75) is 18.4 Å². The van der Waals surface area contributed by atoms with E-state index in [-0.39, 0.29) is 0 Å². The summed E-state index contributed by atoms with van der Waals surface area (Å²) in [7, 11) is 0.477. The molecule has 2 radical (unpaired) electrons. The highest BCUT2D eigenvalue weighted by molar-refractivity contribution is 6.35. The topological polar surface area (TPSA) is 29.3 Å². The van der Waals surface area contributed by atoms with E-state index in [2.05, 4.69) is 35.2 Å². The normalized spacial score (nSPS) is 23.4. The van der Waals surface area contributed by atoms with Gasteiger partial charge in [0.25, 0.3) is 0 Å². The Labute approximate surface area is 99.0 Å². The summed E-state index contributed by atoms with van der Waals surface area (Å²) in [6.07, 6.45) is 5.03. The molecule has 0 spiro atoms. The summed E-state index contributed by atoms with van der Waals surface area (Å²) in [6, 6.07) is 8.70. The number of nitrogens with zero attached hydrogens (tertiary/aromatic N) is 1. The summed E-state index contributed by atoms with van der Waals surface area (Å²) in [5.74, 6) is 0. The van der Waals surface area contributed by atoms with Crippen LogP contribution in [0.4, 0.5) is 0 Å². The van der Waals surface area contributed by atoms with Crippen molar-refractivity contribution in [3.8, 4) is 0 Å². The van der Waals surface area contributed by atoms with Gasteiger partial charge < -0.3 is 10.3 Å². The monoisotopic (exact) mass is 228 g/mol. The Bertz CT molecular complexity index is 422. The van der Waals surface area contributed by atoms with Gasteiger partial charge in [-0.15, -0.1) is 0 Å². The van der Waals surface area contributed by atoms with E-state index in [0.29, 0.717) is 15.2 Å². The molecule has 0 bridgehead atoms. The van der Waals surface area contributed by atoms with E-state index in [0.717, 1.165) is 0 Å². The van der Waals surface area contributed by atoms with Gasteiger partial charge in [-0.1, -0.05) is 30.3 Å². The molecule has 1 unspecified atom stereocenters. The van der Waals surface area contributed by atoms with E-state index in [1.54, 1.807) is 0 Å². The third-order valence-electron chi connectivity index (χ3n) is 3.52. The average Bonchev–Trinajstić information content (AvgIpc) is 2.95. The SMILES string of the molecule is N[Si]C1C=C(N2CCCC2)c2ccccc21. The summed E-state index contributed by atoms with van der Waals surface area (Å²) in [5.41, 5.74) is 4.71. The van der Waals surface area contributed by atoms with Gasteiger partial charge in [0.1, 0.15) is 9.68 Å². The standard InChI is InChI=1S/C13H16N2Si/c14-16-13-9-12(15-7-3-4-8-15)10-5-1-2-6-11(10)13/h1-2,5-6,9,13H,3-4,7-8,14H2. The predicted octanol–water partition coefficient (Wildman–Crippen LogP) is 1.76. The highest BCUT2D eigenvalue weighted by Gasteiger charge is 2.27. The van der Waals surface area contributed by atoms with Crippen LogP contribution in [0.15, 0.2) is 30.3 Å². The summed E-state index contributed by atoms with van der Waals surface area (Å²) >= 11 is 0. The fourth-order valence-electron chi connectivity index (χ4n) is 2.71. The van der Waals surface area contributed by atoms with Crippen LogP contribution in [0.3, 0.4) is 0 Å². The van der Waals surface area contributed by atoms with Crippen LogP contribution in [-0.2, 0) is 0 Å². The fraction of sp³-hybridized carbons (Fsp3) is 0.385. The third-order valence-corrected chi connectivity index (χ3v) is 4.36. The minimum Gasteiger partial charge on any atom is -0.371 e. The molecule has 0 amide bonds. The molecule has 3 rings (SSSR count). The fourth-order valence-corrected chi connectivity index (χ4v) is 3.40. The van der Waals surface area contributed by atoms with E-state index >= 15 is 0 Å². The van der Waals surface area contributed by atoms with Crippen molar-refractivity contribution in [3.63, 3.8) is 0 Å². The number of hydrogen-bond acceptors (Lipinski definition) is 2. The molecular weight excluding hydrogens is 212 g/mol. The van der Waals surface area contributed by atoms with Crippen molar-refractivity contribution in [3.05, 3.63) is 41.5 Å². The number of allylic oxidation sites excluding steroid dienone is 1. The molecule has 16 heavy (non-hydrogen) atoms. The van der Waals surface area contributed by atoms with Gasteiger partial charge in [-0.05, 0) is 18.4 Å². The zero-order valence-electron chi connectivity index (χ0n) is 9.32. The molecule has 82 valence electrons. The molecule has 1 aromatic carbocycles. The molecule has 1 atom stereocenters. The lowest BCUT2D eigenvalue weighted by Gasteiger charge is -2.19. The Morgan fingerprint density at radius 1 is 1.19 bits per heavy atom. The first kappa shape index (κ1) is 10.1. The number of benzene rings is 1. The van der Waals surface area contributed by atoms with Crippen molar-refractivity contribution >= 4 is 15.4 Å². The molecular formula is C13H16N2Si. The molecule has 3 heteroatoms. The molecule has 2 nitrogen and oxygen atoms in total. The maximum Gasteiger partial charge on any atom is 0.148 e. The number of likely N-dealkylation sites (tertiary alicyclic amines) is 1. The zero-order chi connectivity index (χ0) is 11.0. The molecule has 1 saturated heterocycles. The van der Waals surface area contributed by atoms with E-state index < -0.39 is 0 Å². The Morgan fingerprint density at radius 3 is 2.69 bits per heavy atom. The number of hydrogen-bond donors (Lipinski definition) is 1. The molecule has 2 N–H and O–H groups in total. The second-order valence-electron chi connectivity index (χ2n) is 4.48. The van der Waals surface area contributed by atoms with Crippen LogP contribution in [0.5, 0.6) is 0 Å². The quantitative estimate of drug-likeness (QED) is 0.782. The number of nitrogens with two attached hydrogens (primary N) is 1. The summed E-state index contributed by atoms with van der Waals surface area (Å²) in [6.45, 7) is 2.42. The Morgan fingerprint density at radius 2 is 1.94 bits per heavy atom. The molecule has 1 fully saturated rings. The highest BCUT2D eigenvalue weighted by atomic mass is 28.2. The lowest BCUT2D eigenvalue weighted by molar-refractivity contribution is 0.494. The summed E-state index contributed by atoms with van der Waals surface area (Å²) < 4.78 is 0. The molecule has 0 aromatic heterocycles. The average molecular weight is 228 g/mol. The summed E-state index contributed by atoms with van der Waals surface area (Å²) in [5, 5.41) is 5.87. The van der Waals surface area contributed by atoms with E-state index in [4.69, 9.17) is 5.40 Å². The van der Waals surface area contributed by atoms with Crippen LogP contribution in [0, 0.1) is 0 Å². The lowest BCUT2D eigenvalue weighted by Crippen LogP contribution is -2.16. The van der Waals surface area contributed by atoms with Crippen LogP contribution >= 0.6 is 0 Å². The first-order valence-electron chi connectivity index (χ1n) is 5.92. The third kappa shape index (κ3) is 1.51. The van der Waals surface area contributed by atoms with Gasteiger partial charge in [-0.25, -0.2) is 0 Å². The first-order chi connectivity index (χ1) is 7.90. The molecule has 1 aliphatic carbocycles. The number of rotatable bonds is 2. The van der Waals surface area contributed by atoms with Gasteiger partial charge in [-0.2, -0.15) is 0 Å². The van der Waals surface area contributed by atoms with Crippen LogP contribution in [0.25, 0.3) is 5.70 Å². The van der Waals surface area contributed by atoms with Crippen molar-refractivity contribution in [2.24, 2.45) is 5.40 Å². The van der Waals surface area contributed by atoms with Gasteiger partial charge in [0.2, 0.25) is 0 Å². The minimum atomic E-state index is 0.451. The second-order valence-corrected chi connectivity index (χ2v) is 5.43. The van der Waals surface area contributed by atoms with Crippen LogP contribution in [0.2, 0.25) is 0 Å². The lowest BCUT2D eigenvalue weighted by atomic mass is 10.1. The molecule has 1 aromatic rings. The zero-order valence-corrected chi connectivity index (χ0v) is 10.3. The van der Waals surface area contributed by atoms with Crippen molar-refractivity contribution in [1.29, 1.82) is 0 Å². The maximum absolute atomic E-state index is 5.87. The van der Waals surface area contributed by atoms with E-state index in [1.807, 2.05) is 0 Å². The summed E-state index contributed by atoms with van der Waals surface area (Å²) in [4.78, 5) is 2.51. The Balaban J connectivity index is 2.00. The minimum absolute atomic E-state index is 0.451. The second kappa shape index (κ2) is 4.07. The smallest absolute Gasteiger partial charge is 0.148 e. The van der Waals surface area contributed by atoms with Crippen molar-refractivity contribution < 1.29 is 0 Å². The van der Waals surface area contributed by atoms with Crippen molar-refractivity contribution in [1.82, 2.24) is 4.90 Å². The van der Waals surface area contributed by atoms with Gasteiger partial charge in [0, 0.05) is 29.9 Å². The highest BCUT2D eigenvalue weighted by Crippen LogP contribution is 2.37. The largest absolute Gasteiger partial charge is 0.371 e. The maximum atomic E-state index is 5.87. The van der Waals surface area contributed by atoms with Crippen molar-refractivity contribution in [2.75, 3.05) is 13.1 Å². The Hall–Kier alpha value is -1.06. The van der Waals surface area contributed by atoms with E-state index in [9.17, 15) is 0 Å². The van der Waals surface area contributed by atoms with Crippen LogP contribution < -0.4 is 5.40 Å². The molecule has 1 aliphatic heterocycles. The van der Waals surface area contributed by atoms with Gasteiger partial charge in [0.05, 0.1) is 0 Å². The van der Waals surface area contributed by atoms with Gasteiger partial charge in [-0.3, -0.25) is 0 Å². The van der Waals surface area contributed by atoms with Crippen LogP contribution in [0.1, 0.15) is 29.5 Å². The van der Waals surface area contributed by atoms with Gasteiger partial charge >= 0.3 is 0 Å².